The summed E-state index contributed by atoms with van der Waals surface area (Å²) in [4.78, 5) is 12.1. The second kappa shape index (κ2) is 8.36. The number of hydrogen-bond donors (Lipinski definition) is 3. The number of nitrogens with zero attached hydrogens (tertiary/aromatic N) is 1. The minimum Gasteiger partial charge on any atom is -0.481 e. The predicted molar refractivity (Wildman–Crippen MR) is 81.8 cm³/mol. The number of amides is 1. The van der Waals surface area contributed by atoms with Crippen molar-refractivity contribution < 1.29 is 14.7 Å². The predicted octanol–water partition coefficient (Wildman–Crippen LogP) is 2.14. The van der Waals surface area contributed by atoms with E-state index in [1.807, 2.05) is 6.92 Å². The average Bonchev–Trinajstić information content (AvgIpc) is 2.45. The van der Waals surface area contributed by atoms with Crippen LogP contribution in [0, 0.1) is 0 Å². The van der Waals surface area contributed by atoms with Crippen molar-refractivity contribution in [3.05, 3.63) is 29.3 Å². The third-order valence-electron chi connectivity index (χ3n) is 2.84. The van der Waals surface area contributed by atoms with Gasteiger partial charge in [0, 0.05) is 5.02 Å². The van der Waals surface area contributed by atoms with E-state index in [9.17, 15) is 4.79 Å². The Kier molecular flexibility index (Phi) is 6.81. The lowest BCUT2D eigenvalue weighted by atomic mass is 10.1. The minimum absolute atomic E-state index is 0.0276. The maximum Gasteiger partial charge on any atom is 0.261 e. The fraction of sp³-hybridized carbons (Fsp3) is 0.429. The summed E-state index contributed by atoms with van der Waals surface area (Å²) in [6, 6.07) is 6.27. The van der Waals surface area contributed by atoms with Gasteiger partial charge >= 0.3 is 0 Å². The van der Waals surface area contributed by atoms with Crippen molar-refractivity contribution in [2.75, 3.05) is 0 Å². The van der Waals surface area contributed by atoms with Gasteiger partial charge in [0.1, 0.15) is 5.75 Å². The maximum atomic E-state index is 12.1. The molecule has 0 saturated heterocycles. The quantitative estimate of drug-likeness (QED) is 0.311. The highest BCUT2D eigenvalue weighted by molar-refractivity contribution is 6.30. The molecule has 6 nitrogen and oxygen atoms in total. The number of nitrogens with two attached hydrogens (primary N) is 1. The lowest BCUT2D eigenvalue weighted by molar-refractivity contribution is -0.127. The highest BCUT2D eigenvalue weighted by atomic mass is 35.5. The van der Waals surface area contributed by atoms with E-state index in [1.165, 1.54) is 0 Å². The van der Waals surface area contributed by atoms with Gasteiger partial charge in [-0.2, -0.15) is 0 Å². The summed E-state index contributed by atoms with van der Waals surface area (Å²) in [7, 11) is 0. The van der Waals surface area contributed by atoms with Crippen LogP contribution in [0.15, 0.2) is 29.4 Å². The van der Waals surface area contributed by atoms with E-state index in [-0.39, 0.29) is 11.7 Å². The monoisotopic (exact) mass is 313 g/mol. The first-order valence-electron chi connectivity index (χ1n) is 6.68. The van der Waals surface area contributed by atoms with Crippen molar-refractivity contribution in [2.24, 2.45) is 10.9 Å². The molecule has 0 bridgehead atoms. The molecule has 0 spiro atoms. The Labute approximate surface area is 128 Å². The molecule has 1 aromatic carbocycles. The van der Waals surface area contributed by atoms with E-state index in [0.29, 0.717) is 17.2 Å². The Morgan fingerprint density at radius 1 is 1.57 bits per heavy atom. The third-order valence-corrected chi connectivity index (χ3v) is 3.08. The highest BCUT2D eigenvalue weighted by Crippen LogP contribution is 2.18. The van der Waals surface area contributed by atoms with E-state index in [1.54, 1.807) is 31.2 Å². The van der Waals surface area contributed by atoms with Gasteiger partial charge in [0.25, 0.3) is 5.91 Å². The Morgan fingerprint density at radius 3 is 2.86 bits per heavy atom. The Balaban J connectivity index is 2.64. The highest BCUT2D eigenvalue weighted by Gasteiger charge is 2.21. The standard InChI is InChI=1S/C14H20ClN3O3/c1-3-5-12(13(16)18-20)17-14(19)9(2)21-11-7-4-6-10(15)8-11/h4,6-9,12,20H,3,5H2,1-2H3,(H2,16,18)(H,17,19). The van der Waals surface area contributed by atoms with Crippen LogP contribution in [0.25, 0.3) is 0 Å². The summed E-state index contributed by atoms with van der Waals surface area (Å²) in [5.74, 6) is 0.126. The first kappa shape index (κ1) is 17.1. The molecule has 0 aromatic heterocycles. The van der Waals surface area contributed by atoms with Crippen molar-refractivity contribution >= 4 is 23.3 Å². The lowest BCUT2D eigenvalue weighted by Crippen LogP contribution is -2.48. The van der Waals surface area contributed by atoms with Crippen LogP contribution < -0.4 is 15.8 Å². The van der Waals surface area contributed by atoms with Crippen molar-refractivity contribution in [3.8, 4) is 5.75 Å². The summed E-state index contributed by atoms with van der Waals surface area (Å²) >= 11 is 5.85. The minimum atomic E-state index is -0.727. The normalized spacial score (nSPS) is 14.3. The molecule has 0 fully saturated rings. The number of halogens is 1. The average molecular weight is 314 g/mol. The molecule has 0 heterocycles. The van der Waals surface area contributed by atoms with Crippen molar-refractivity contribution in [2.45, 2.75) is 38.8 Å². The summed E-state index contributed by atoms with van der Waals surface area (Å²) in [5, 5.41) is 14.9. The molecule has 116 valence electrons. The van der Waals surface area contributed by atoms with Crippen LogP contribution in [0.5, 0.6) is 5.75 Å². The molecule has 4 N–H and O–H groups in total. The molecule has 0 saturated carbocycles. The third kappa shape index (κ3) is 5.51. The Morgan fingerprint density at radius 2 is 2.29 bits per heavy atom. The van der Waals surface area contributed by atoms with E-state index < -0.39 is 12.1 Å². The number of amidine groups is 1. The topological polar surface area (TPSA) is 96.9 Å². The van der Waals surface area contributed by atoms with Gasteiger partial charge in [0.15, 0.2) is 11.9 Å². The Hall–Kier alpha value is -1.95. The zero-order chi connectivity index (χ0) is 15.8. The molecule has 0 radical (unpaired) electrons. The number of ether oxygens (including phenoxy) is 1. The number of benzene rings is 1. The lowest BCUT2D eigenvalue weighted by Gasteiger charge is -2.20. The van der Waals surface area contributed by atoms with Crippen LogP contribution >= 0.6 is 11.6 Å². The van der Waals surface area contributed by atoms with Crippen molar-refractivity contribution in [1.82, 2.24) is 5.32 Å². The molecule has 1 aromatic rings. The van der Waals surface area contributed by atoms with Crippen molar-refractivity contribution in [3.63, 3.8) is 0 Å². The molecule has 1 amide bonds. The molecular weight excluding hydrogens is 294 g/mol. The number of nitrogens with one attached hydrogen (secondary N) is 1. The number of rotatable bonds is 7. The van der Waals surface area contributed by atoms with Gasteiger partial charge in [-0.3, -0.25) is 4.79 Å². The largest absolute Gasteiger partial charge is 0.481 e. The second-order valence-corrected chi connectivity index (χ2v) is 5.03. The SMILES string of the molecule is CCCC(NC(=O)C(C)Oc1cccc(Cl)c1)C(N)=NO. The molecule has 0 aliphatic heterocycles. The molecule has 7 heteroatoms. The first-order valence-corrected chi connectivity index (χ1v) is 7.05. The first-order chi connectivity index (χ1) is 9.97. The number of hydrogen-bond acceptors (Lipinski definition) is 4. The van der Waals surface area contributed by atoms with Crippen LogP contribution in [-0.4, -0.2) is 29.1 Å². The molecule has 1 rings (SSSR count). The van der Waals surface area contributed by atoms with Crippen molar-refractivity contribution in [1.29, 1.82) is 0 Å². The maximum absolute atomic E-state index is 12.1. The molecule has 0 aliphatic rings. The van der Waals surface area contributed by atoms with Gasteiger partial charge in [0.2, 0.25) is 0 Å². The summed E-state index contributed by atoms with van der Waals surface area (Å²) < 4.78 is 5.51. The summed E-state index contributed by atoms with van der Waals surface area (Å²) in [5.41, 5.74) is 5.55. The van der Waals surface area contributed by atoms with Crippen LogP contribution in [0.1, 0.15) is 26.7 Å². The molecule has 0 aliphatic carbocycles. The zero-order valence-corrected chi connectivity index (χ0v) is 12.8. The van der Waals surface area contributed by atoms with E-state index in [4.69, 9.17) is 27.3 Å². The van der Waals surface area contributed by atoms with Gasteiger partial charge in [-0.1, -0.05) is 36.2 Å². The second-order valence-electron chi connectivity index (χ2n) is 4.59. The smallest absolute Gasteiger partial charge is 0.261 e. The Bertz CT molecular complexity index is 508. The molecule has 2 unspecified atom stereocenters. The van der Waals surface area contributed by atoms with E-state index in [2.05, 4.69) is 10.5 Å². The van der Waals surface area contributed by atoms with Gasteiger partial charge in [-0.25, -0.2) is 0 Å². The van der Waals surface area contributed by atoms with Crippen LogP contribution in [-0.2, 0) is 4.79 Å². The fourth-order valence-corrected chi connectivity index (χ4v) is 1.92. The number of carbonyl (C=O) groups is 1. The zero-order valence-electron chi connectivity index (χ0n) is 12.0. The van der Waals surface area contributed by atoms with Gasteiger partial charge in [0.05, 0.1) is 6.04 Å². The van der Waals surface area contributed by atoms with Crippen LogP contribution in [0.4, 0.5) is 0 Å². The van der Waals surface area contributed by atoms with Gasteiger partial charge in [-0.05, 0) is 31.5 Å². The van der Waals surface area contributed by atoms with E-state index >= 15 is 0 Å². The van der Waals surface area contributed by atoms with E-state index in [0.717, 1.165) is 6.42 Å². The number of oxime groups is 1. The fourth-order valence-electron chi connectivity index (χ4n) is 1.74. The summed E-state index contributed by atoms with van der Waals surface area (Å²) in [6.07, 6.45) is 0.630. The molecule has 2 atom stereocenters. The van der Waals surface area contributed by atoms with Gasteiger partial charge in [-0.15, -0.1) is 0 Å². The molecule has 21 heavy (non-hydrogen) atoms. The summed E-state index contributed by atoms with van der Waals surface area (Å²) in [6.45, 7) is 3.56. The number of carbonyl (C=O) groups excluding carboxylic acids is 1. The van der Waals surface area contributed by atoms with Crippen LogP contribution in [0.2, 0.25) is 5.02 Å². The van der Waals surface area contributed by atoms with Gasteiger partial charge < -0.3 is 21.0 Å². The van der Waals surface area contributed by atoms with Crippen LogP contribution in [0.3, 0.4) is 0 Å². The molecular formula is C14H20ClN3O3.